The Hall–Kier alpha value is -0.980. The second-order valence-electron chi connectivity index (χ2n) is 1.88. The monoisotopic (exact) mass is 137 g/mol. The molecule has 0 aliphatic rings. The molecule has 0 heterocycles. The first-order valence-electron chi connectivity index (χ1n) is 3.48. The van der Waals surface area contributed by atoms with Gasteiger partial charge in [-0.05, 0) is 19.9 Å². The Kier molecular flexibility index (Phi) is 5.54. The summed E-state index contributed by atoms with van der Waals surface area (Å²) in [6.07, 6.45) is 10.1. The highest BCUT2D eigenvalue weighted by atomic mass is 14.8. The van der Waals surface area contributed by atoms with E-state index in [1.165, 1.54) is 0 Å². The van der Waals surface area contributed by atoms with Crippen molar-refractivity contribution in [2.75, 3.05) is 7.05 Å². The molecule has 0 aromatic carbocycles. The minimum atomic E-state index is 1.14. The van der Waals surface area contributed by atoms with E-state index in [0.29, 0.717) is 0 Å². The molecule has 0 atom stereocenters. The third-order valence-electron chi connectivity index (χ3n) is 1.18. The molecule has 1 nitrogen and oxygen atoms in total. The molecule has 0 bridgehead atoms. The van der Waals surface area contributed by atoms with Gasteiger partial charge in [-0.3, -0.25) is 0 Å². The molecule has 0 fully saturated rings. The minimum Gasteiger partial charge on any atom is -0.388 e. The fourth-order valence-corrected chi connectivity index (χ4v) is 0.594. The average Bonchev–Trinajstić information content (AvgIpc) is 1.99. The van der Waals surface area contributed by atoms with Crippen LogP contribution in [-0.2, 0) is 0 Å². The van der Waals surface area contributed by atoms with E-state index in [2.05, 4.69) is 5.32 Å². The van der Waals surface area contributed by atoms with Crippen molar-refractivity contribution in [2.24, 2.45) is 0 Å². The molecule has 0 spiro atoms. The van der Waals surface area contributed by atoms with Gasteiger partial charge in [0.25, 0.3) is 0 Å². The largest absolute Gasteiger partial charge is 0.388 e. The van der Waals surface area contributed by atoms with Crippen LogP contribution >= 0.6 is 0 Å². The molecule has 0 unspecified atom stereocenters. The molecule has 0 rings (SSSR count). The van der Waals surface area contributed by atoms with Crippen molar-refractivity contribution in [3.63, 3.8) is 0 Å². The maximum Gasteiger partial charge on any atom is 0.0294 e. The summed E-state index contributed by atoms with van der Waals surface area (Å²) in [5, 5.41) is 3.05. The molecule has 1 heteroatoms. The normalized spacial score (nSPS) is 13.3. The Morgan fingerprint density at radius 2 is 1.90 bits per heavy atom. The molecule has 0 aliphatic heterocycles. The smallest absolute Gasteiger partial charge is 0.0294 e. The van der Waals surface area contributed by atoms with E-state index >= 15 is 0 Å². The number of nitrogens with one attached hydrogen (secondary N) is 1. The van der Waals surface area contributed by atoms with Crippen LogP contribution in [-0.4, -0.2) is 7.05 Å². The second kappa shape index (κ2) is 6.14. The average molecular weight is 137 g/mol. The van der Waals surface area contributed by atoms with E-state index in [1.807, 2.05) is 51.3 Å². The van der Waals surface area contributed by atoms with Crippen LogP contribution in [0.3, 0.4) is 0 Å². The van der Waals surface area contributed by atoms with Crippen LogP contribution in [0.2, 0.25) is 0 Å². The third kappa shape index (κ3) is 3.96. The van der Waals surface area contributed by atoms with Crippen LogP contribution < -0.4 is 5.32 Å². The summed E-state index contributed by atoms with van der Waals surface area (Å²) in [6, 6.07) is 0. The molecule has 0 aliphatic carbocycles. The zero-order valence-electron chi connectivity index (χ0n) is 6.89. The predicted molar refractivity (Wildman–Crippen MR) is 46.8 cm³/mol. The van der Waals surface area contributed by atoms with E-state index in [4.69, 9.17) is 0 Å². The summed E-state index contributed by atoms with van der Waals surface area (Å²) in [5.41, 5.74) is 1.14. The van der Waals surface area contributed by atoms with Crippen molar-refractivity contribution in [3.05, 3.63) is 36.1 Å². The third-order valence-corrected chi connectivity index (χ3v) is 1.18. The Morgan fingerprint density at radius 3 is 2.30 bits per heavy atom. The zero-order chi connectivity index (χ0) is 7.82. The lowest BCUT2D eigenvalue weighted by atomic mass is 10.3. The summed E-state index contributed by atoms with van der Waals surface area (Å²) in [4.78, 5) is 0. The highest BCUT2D eigenvalue weighted by molar-refractivity contribution is 5.19. The van der Waals surface area contributed by atoms with Gasteiger partial charge >= 0.3 is 0 Å². The first-order chi connectivity index (χ1) is 4.85. The summed E-state index contributed by atoms with van der Waals surface area (Å²) in [6.45, 7) is 4.00. The molecule has 0 saturated heterocycles. The Balaban J connectivity index is 3.85. The summed E-state index contributed by atoms with van der Waals surface area (Å²) in [7, 11) is 1.91. The molecule has 1 N–H and O–H groups in total. The number of likely N-dealkylation sites (N-methyl/N-ethyl adjacent to an activating group) is 1. The van der Waals surface area contributed by atoms with E-state index < -0.39 is 0 Å². The predicted octanol–water partition coefficient (Wildman–Crippen LogP) is 2.24. The Morgan fingerprint density at radius 1 is 1.20 bits per heavy atom. The van der Waals surface area contributed by atoms with Gasteiger partial charge in [0.1, 0.15) is 0 Å². The highest BCUT2D eigenvalue weighted by Crippen LogP contribution is 1.89. The summed E-state index contributed by atoms with van der Waals surface area (Å²) >= 11 is 0. The Bertz CT molecular complexity index is 152. The fraction of sp³-hybridized carbons (Fsp3) is 0.333. The lowest BCUT2D eigenvalue weighted by Crippen LogP contribution is -2.01. The van der Waals surface area contributed by atoms with Crippen molar-refractivity contribution in [2.45, 2.75) is 13.8 Å². The zero-order valence-corrected chi connectivity index (χ0v) is 6.89. The minimum absolute atomic E-state index is 1.14. The molecule has 0 saturated carbocycles. The number of hydrogen-bond donors (Lipinski definition) is 1. The van der Waals surface area contributed by atoms with Crippen molar-refractivity contribution >= 4 is 0 Å². The van der Waals surface area contributed by atoms with E-state index in [9.17, 15) is 0 Å². The highest BCUT2D eigenvalue weighted by Gasteiger charge is 1.78. The molecular formula is C9H15N. The maximum atomic E-state index is 3.05. The number of allylic oxidation sites excluding steroid dienone is 5. The topological polar surface area (TPSA) is 12.0 Å². The van der Waals surface area contributed by atoms with Crippen LogP contribution in [0, 0.1) is 0 Å². The van der Waals surface area contributed by atoms with Crippen molar-refractivity contribution < 1.29 is 0 Å². The standard InChI is InChI=1S/C9H15N/c1-4-6-7-8-9(5-2)10-3/h4-8,10H,1-3H3/b6-4-,8-7-,9-5-. The van der Waals surface area contributed by atoms with E-state index in [0.717, 1.165) is 5.70 Å². The van der Waals surface area contributed by atoms with Crippen LogP contribution in [0.1, 0.15) is 13.8 Å². The molecule has 0 aromatic rings. The van der Waals surface area contributed by atoms with Gasteiger partial charge in [-0.1, -0.05) is 24.3 Å². The van der Waals surface area contributed by atoms with Gasteiger partial charge in [-0.15, -0.1) is 0 Å². The summed E-state index contributed by atoms with van der Waals surface area (Å²) < 4.78 is 0. The van der Waals surface area contributed by atoms with Gasteiger partial charge in [0.15, 0.2) is 0 Å². The lowest BCUT2D eigenvalue weighted by molar-refractivity contribution is 1.03. The lowest BCUT2D eigenvalue weighted by Gasteiger charge is -1.95. The van der Waals surface area contributed by atoms with Gasteiger partial charge in [-0.25, -0.2) is 0 Å². The maximum absolute atomic E-state index is 3.05. The van der Waals surface area contributed by atoms with Gasteiger partial charge < -0.3 is 5.32 Å². The van der Waals surface area contributed by atoms with Gasteiger partial charge in [0, 0.05) is 12.7 Å². The Labute approximate surface area is 63.1 Å². The van der Waals surface area contributed by atoms with Crippen LogP contribution in [0.25, 0.3) is 0 Å². The molecule has 56 valence electrons. The second-order valence-corrected chi connectivity index (χ2v) is 1.88. The SMILES string of the molecule is C\C=C/C=C\C(=C\C)NC. The van der Waals surface area contributed by atoms with Gasteiger partial charge in [0.05, 0.1) is 0 Å². The number of rotatable bonds is 3. The van der Waals surface area contributed by atoms with E-state index in [-0.39, 0.29) is 0 Å². The van der Waals surface area contributed by atoms with Crippen molar-refractivity contribution in [1.29, 1.82) is 0 Å². The molecule has 0 amide bonds. The fourth-order valence-electron chi connectivity index (χ4n) is 0.594. The first kappa shape index (κ1) is 9.02. The molecule has 0 aromatic heterocycles. The molecule has 10 heavy (non-hydrogen) atoms. The van der Waals surface area contributed by atoms with Crippen LogP contribution in [0.4, 0.5) is 0 Å². The summed E-state index contributed by atoms with van der Waals surface area (Å²) in [5.74, 6) is 0. The first-order valence-corrected chi connectivity index (χ1v) is 3.48. The molecular weight excluding hydrogens is 122 g/mol. The van der Waals surface area contributed by atoms with Crippen molar-refractivity contribution in [3.8, 4) is 0 Å². The quantitative estimate of drug-likeness (QED) is 0.588. The van der Waals surface area contributed by atoms with Gasteiger partial charge in [-0.2, -0.15) is 0 Å². The van der Waals surface area contributed by atoms with Crippen molar-refractivity contribution in [1.82, 2.24) is 5.32 Å². The van der Waals surface area contributed by atoms with E-state index in [1.54, 1.807) is 0 Å². The number of hydrogen-bond acceptors (Lipinski definition) is 1. The van der Waals surface area contributed by atoms with Crippen LogP contribution in [0.15, 0.2) is 36.1 Å². The van der Waals surface area contributed by atoms with Gasteiger partial charge in [0.2, 0.25) is 0 Å². The molecule has 0 radical (unpaired) electrons. The van der Waals surface area contributed by atoms with Crippen LogP contribution in [0.5, 0.6) is 0 Å².